The van der Waals surface area contributed by atoms with Crippen LogP contribution in [0.25, 0.3) is 0 Å². The van der Waals surface area contributed by atoms with Crippen molar-refractivity contribution in [2.24, 2.45) is 23.7 Å². The summed E-state index contributed by atoms with van der Waals surface area (Å²) in [6.45, 7) is 6.58. The summed E-state index contributed by atoms with van der Waals surface area (Å²) in [6, 6.07) is 0. The van der Waals surface area contributed by atoms with Gasteiger partial charge in [0.15, 0.2) is 0 Å². The summed E-state index contributed by atoms with van der Waals surface area (Å²) in [6.07, 6.45) is 17.5. The van der Waals surface area contributed by atoms with Crippen molar-refractivity contribution in [3.8, 4) is 11.8 Å². The molecular formula is C30H52O8. The number of hydrogen-bond acceptors (Lipinski definition) is 5. The Morgan fingerprint density at radius 3 is 1.89 bits per heavy atom. The Hall–Kier alpha value is -1.92. The second-order valence-electron chi connectivity index (χ2n) is 10.8. The summed E-state index contributed by atoms with van der Waals surface area (Å²) in [7, 11) is 0. The molecule has 220 valence electrons. The lowest BCUT2D eigenvalue weighted by Crippen LogP contribution is -2.31. The molecular weight excluding hydrogens is 488 g/mol. The third-order valence-electron chi connectivity index (χ3n) is 8.05. The first-order valence-electron chi connectivity index (χ1n) is 14.2. The van der Waals surface area contributed by atoms with Gasteiger partial charge in [0.05, 0.1) is 25.2 Å². The van der Waals surface area contributed by atoms with Gasteiger partial charge in [-0.3, -0.25) is 4.79 Å². The molecule has 0 aliphatic heterocycles. The molecule has 3 rings (SSSR count). The predicted octanol–water partition coefficient (Wildman–Crippen LogP) is 3.92. The Labute approximate surface area is 229 Å². The third-order valence-corrected chi connectivity index (χ3v) is 8.05. The average molecular weight is 541 g/mol. The minimum atomic E-state index is -0.398. The molecule has 3 aliphatic carbocycles. The second-order valence-corrected chi connectivity index (χ2v) is 10.8. The zero-order valence-electron chi connectivity index (χ0n) is 23.3. The minimum Gasteiger partial charge on any atom is -0.462 e. The highest BCUT2D eigenvalue weighted by atomic mass is 16.5. The molecule has 0 atom stereocenters. The summed E-state index contributed by atoms with van der Waals surface area (Å²) >= 11 is 0. The standard InChI is InChI=1S/C30H46O5.3H2O/c1-3-6-23-7-9-24(10-8-23)11-12-25-13-17-28(18-14-25)35-30(32)26-15-19-27(20-16-26)33-21-5-22-34-29(31)4-2;;;/h4,23-28H,2-3,5-10,13-22H2,1H3;3*1H2. The molecule has 0 aromatic rings. The zero-order chi connectivity index (χ0) is 24.9. The van der Waals surface area contributed by atoms with Gasteiger partial charge in [0, 0.05) is 24.3 Å². The van der Waals surface area contributed by atoms with Crippen LogP contribution < -0.4 is 0 Å². The Morgan fingerprint density at radius 1 is 0.789 bits per heavy atom. The van der Waals surface area contributed by atoms with E-state index in [0.717, 1.165) is 57.3 Å². The van der Waals surface area contributed by atoms with Gasteiger partial charge in [0.1, 0.15) is 6.10 Å². The highest BCUT2D eigenvalue weighted by Gasteiger charge is 2.31. The lowest BCUT2D eigenvalue weighted by atomic mass is 9.80. The summed E-state index contributed by atoms with van der Waals surface area (Å²) in [5.74, 6) is 8.79. The van der Waals surface area contributed by atoms with Gasteiger partial charge in [0.2, 0.25) is 0 Å². The molecule has 8 nitrogen and oxygen atoms in total. The van der Waals surface area contributed by atoms with Gasteiger partial charge < -0.3 is 30.6 Å². The molecule has 8 heteroatoms. The van der Waals surface area contributed by atoms with Gasteiger partial charge in [-0.05, 0) is 83.0 Å². The van der Waals surface area contributed by atoms with Crippen LogP contribution in [0.15, 0.2) is 12.7 Å². The van der Waals surface area contributed by atoms with Gasteiger partial charge in [-0.1, -0.05) is 38.2 Å². The molecule has 6 N–H and O–H groups in total. The van der Waals surface area contributed by atoms with Crippen molar-refractivity contribution < 1.29 is 40.2 Å². The van der Waals surface area contributed by atoms with Crippen LogP contribution in [0.3, 0.4) is 0 Å². The lowest BCUT2D eigenvalue weighted by Gasteiger charge is -2.30. The van der Waals surface area contributed by atoms with E-state index >= 15 is 0 Å². The maximum atomic E-state index is 12.7. The van der Waals surface area contributed by atoms with Gasteiger partial charge in [-0.15, -0.1) is 0 Å². The molecule has 0 aromatic heterocycles. The summed E-state index contributed by atoms with van der Waals surface area (Å²) < 4.78 is 16.7. The van der Waals surface area contributed by atoms with Gasteiger partial charge in [-0.2, -0.15) is 0 Å². The first-order chi connectivity index (χ1) is 17.1. The number of hydrogen-bond donors (Lipinski definition) is 0. The maximum Gasteiger partial charge on any atom is 0.330 e. The third kappa shape index (κ3) is 12.8. The van der Waals surface area contributed by atoms with Crippen LogP contribution in [0.5, 0.6) is 0 Å². The average Bonchev–Trinajstić information content (AvgIpc) is 2.89. The number of carbonyl (C=O) groups excluding carboxylic acids is 2. The summed E-state index contributed by atoms with van der Waals surface area (Å²) in [5, 5.41) is 0. The molecule has 0 saturated heterocycles. The number of rotatable bonds is 10. The second kappa shape index (κ2) is 20.0. The molecule has 0 bridgehead atoms. The van der Waals surface area contributed by atoms with Gasteiger partial charge in [0.25, 0.3) is 0 Å². The highest BCUT2D eigenvalue weighted by molar-refractivity contribution is 5.81. The van der Waals surface area contributed by atoms with E-state index in [1.807, 2.05) is 0 Å². The topological polar surface area (TPSA) is 156 Å². The van der Waals surface area contributed by atoms with Crippen molar-refractivity contribution in [1.82, 2.24) is 0 Å². The molecule has 0 aromatic carbocycles. The molecule has 0 radical (unpaired) electrons. The Balaban J connectivity index is 0.00000456. The number of esters is 2. The molecule has 3 fully saturated rings. The van der Waals surface area contributed by atoms with E-state index in [4.69, 9.17) is 14.2 Å². The number of carbonyl (C=O) groups is 2. The van der Waals surface area contributed by atoms with Crippen molar-refractivity contribution in [1.29, 1.82) is 0 Å². The van der Waals surface area contributed by atoms with E-state index in [-0.39, 0.29) is 40.5 Å². The normalized spacial score (nSPS) is 28.6. The van der Waals surface area contributed by atoms with E-state index in [9.17, 15) is 9.59 Å². The zero-order valence-corrected chi connectivity index (χ0v) is 23.3. The van der Waals surface area contributed by atoms with Crippen LogP contribution in [-0.2, 0) is 23.8 Å². The predicted molar refractivity (Wildman–Crippen MR) is 148 cm³/mol. The van der Waals surface area contributed by atoms with Crippen molar-refractivity contribution in [3.63, 3.8) is 0 Å². The monoisotopic (exact) mass is 540 g/mol. The SMILES string of the molecule is C=CC(=O)OCCCOC1CCC(C(=O)OC2CCC(C#CC3CCC(CCC)CC3)CC2)CC1.O.O.O. The fourth-order valence-electron chi connectivity index (χ4n) is 5.83. The molecule has 0 spiro atoms. The van der Waals surface area contributed by atoms with Crippen molar-refractivity contribution in [2.75, 3.05) is 13.2 Å². The van der Waals surface area contributed by atoms with Crippen molar-refractivity contribution >= 4 is 11.9 Å². The highest BCUT2D eigenvalue weighted by Crippen LogP contribution is 2.33. The van der Waals surface area contributed by atoms with E-state index in [2.05, 4.69) is 25.3 Å². The number of ether oxygens (including phenoxy) is 3. The van der Waals surface area contributed by atoms with Crippen LogP contribution in [0.2, 0.25) is 0 Å². The molecule has 3 saturated carbocycles. The molecule has 38 heavy (non-hydrogen) atoms. The molecule has 0 unspecified atom stereocenters. The summed E-state index contributed by atoms with van der Waals surface area (Å²) in [5.41, 5.74) is 0. The van der Waals surface area contributed by atoms with Crippen LogP contribution in [0.1, 0.15) is 103 Å². The van der Waals surface area contributed by atoms with Crippen molar-refractivity contribution in [3.05, 3.63) is 12.7 Å². The van der Waals surface area contributed by atoms with E-state index in [1.165, 1.54) is 44.6 Å². The van der Waals surface area contributed by atoms with Crippen LogP contribution in [0, 0.1) is 35.5 Å². The quantitative estimate of drug-likeness (QED) is 0.178. The lowest BCUT2D eigenvalue weighted by molar-refractivity contribution is -0.158. The largest absolute Gasteiger partial charge is 0.462 e. The fourth-order valence-corrected chi connectivity index (χ4v) is 5.83. The first kappa shape index (κ1) is 36.1. The Bertz CT molecular complexity index is 718. The smallest absolute Gasteiger partial charge is 0.330 e. The van der Waals surface area contributed by atoms with Crippen LogP contribution in [-0.4, -0.2) is 53.8 Å². The summed E-state index contributed by atoms with van der Waals surface area (Å²) in [4.78, 5) is 23.7. The first-order valence-corrected chi connectivity index (χ1v) is 14.2. The maximum absolute atomic E-state index is 12.7. The molecule has 0 heterocycles. The van der Waals surface area contributed by atoms with E-state index < -0.39 is 5.97 Å². The van der Waals surface area contributed by atoms with Crippen LogP contribution in [0.4, 0.5) is 0 Å². The Morgan fingerprint density at radius 2 is 1.34 bits per heavy atom. The van der Waals surface area contributed by atoms with Crippen LogP contribution >= 0.6 is 0 Å². The Kier molecular flexibility index (Phi) is 19.0. The van der Waals surface area contributed by atoms with E-state index in [1.54, 1.807) is 0 Å². The molecule has 3 aliphatic rings. The van der Waals surface area contributed by atoms with Gasteiger partial charge in [-0.25, -0.2) is 4.79 Å². The fraction of sp³-hybridized carbons (Fsp3) is 0.800. The minimum absolute atomic E-state index is 0. The van der Waals surface area contributed by atoms with E-state index in [0.29, 0.717) is 31.5 Å². The molecule has 0 amide bonds. The van der Waals surface area contributed by atoms with Crippen molar-refractivity contribution in [2.45, 2.75) is 115 Å². The van der Waals surface area contributed by atoms with Gasteiger partial charge >= 0.3 is 11.9 Å².